The summed E-state index contributed by atoms with van der Waals surface area (Å²) in [6, 6.07) is 21.4. The second-order valence-corrected chi connectivity index (χ2v) is 8.04. The SMILES string of the molecule is CCc1ccc(NC(=O)c2nnc(COC(=O)Cc3cccc4ccccc34)s2)cc1. The van der Waals surface area contributed by atoms with E-state index in [0.717, 1.165) is 34.1 Å². The monoisotopic (exact) mass is 431 g/mol. The van der Waals surface area contributed by atoms with Crippen molar-refractivity contribution < 1.29 is 14.3 Å². The number of benzene rings is 3. The Kier molecular flexibility index (Phi) is 6.33. The van der Waals surface area contributed by atoms with Crippen molar-refractivity contribution in [3.05, 3.63) is 87.9 Å². The molecule has 4 rings (SSSR count). The molecule has 0 spiro atoms. The quantitative estimate of drug-likeness (QED) is 0.426. The van der Waals surface area contributed by atoms with Crippen molar-refractivity contribution in [3.63, 3.8) is 0 Å². The van der Waals surface area contributed by atoms with E-state index in [-0.39, 0.29) is 29.9 Å². The molecule has 0 aliphatic rings. The molecular weight excluding hydrogens is 410 g/mol. The summed E-state index contributed by atoms with van der Waals surface area (Å²) in [5.74, 6) is -0.691. The molecule has 3 aromatic carbocycles. The van der Waals surface area contributed by atoms with Gasteiger partial charge in [-0.1, -0.05) is 72.9 Å². The molecule has 0 aliphatic heterocycles. The van der Waals surface area contributed by atoms with E-state index in [2.05, 4.69) is 22.4 Å². The molecule has 1 N–H and O–H groups in total. The summed E-state index contributed by atoms with van der Waals surface area (Å²) in [6.45, 7) is 2.06. The largest absolute Gasteiger partial charge is 0.458 e. The molecule has 0 fully saturated rings. The van der Waals surface area contributed by atoms with E-state index in [4.69, 9.17) is 4.74 Å². The highest BCUT2D eigenvalue weighted by atomic mass is 32.1. The number of fused-ring (bicyclic) bond motifs is 1. The van der Waals surface area contributed by atoms with Crippen LogP contribution in [-0.4, -0.2) is 22.1 Å². The van der Waals surface area contributed by atoms with Crippen LogP contribution < -0.4 is 5.32 Å². The van der Waals surface area contributed by atoms with Gasteiger partial charge in [0.1, 0.15) is 6.61 Å². The summed E-state index contributed by atoms with van der Waals surface area (Å²) in [4.78, 5) is 24.7. The second-order valence-electron chi connectivity index (χ2n) is 6.98. The van der Waals surface area contributed by atoms with Crippen molar-refractivity contribution in [2.75, 3.05) is 5.32 Å². The Morgan fingerprint density at radius 1 is 0.968 bits per heavy atom. The molecule has 0 unspecified atom stereocenters. The van der Waals surface area contributed by atoms with Gasteiger partial charge in [-0.3, -0.25) is 9.59 Å². The molecular formula is C24H21N3O3S. The van der Waals surface area contributed by atoms with Gasteiger partial charge < -0.3 is 10.1 Å². The summed E-state index contributed by atoms with van der Waals surface area (Å²) in [6.07, 6.45) is 1.11. The average molecular weight is 432 g/mol. The number of hydrogen-bond acceptors (Lipinski definition) is 6. The number of rotatable bonds is 7. The Morgan fingerprint density at radius 2 is 1.74 bits per heavy atom. The average Bonchev–Trinajstić information content (AvgIpc) is 3.28. The van der Waals surface area contributed by atoms with Gasteiger partial charge in [-0.05, 0) is 40.5 Å². The normalized spacial score (nSPS) is 10.7. The lowest BCUT2D eigenvalue weighted by Gasteiger charge is -2.06. The molecule has 156 valence electrons. The molecule has 4 aromatic rings. The number of amides is 1. The summed E-state index contributed by atoms with van der Waals surface area (Å²) in [7, 11) is 0. The maximum Gasteiger partial charge on any atom is 0.310 e. The first-order valence-corrected chi connectivity index (χ1v) is 10.8. The highest BCUT2D eigenvalue weighted by molar-refractivity contribution is 7.13. The fourth-order valence-corrected chi connectivity index (χ4v) is 3.86. The Hall–Kier alpha value is -3.58. The van der Waals surface area contributed by atoms with Crippen LogP contribution in [0.3, 0.4) is 0 Å². The van der Waals surface area contributed by atoms with E-state index in [1.807, 2.05) is 66.7 Å². The fraction of sp³-hybridized carbons (Fsp3) is 0.167. The van der Waals surface area contributed by atoms with Gasteiger partial charge in [0.15, 0.2) is 5.01 Å². The Morgan fingerprint density at radius 3 is 2.55 bits per heavy atom. The zero-order valence-corrected chi connectivity index (χ0v) is 17.8. The van der Waals surface area contributed by atoms with E-state index in [9.17, 15) is 9.59 Å². The predicted octanol–water partition coefficient (Wildman–Crippen LogP) is 4.79. The van der Waals surface area contributed by atoms with Gasteiger partial charge in [0, 0.05) is 5.69 Å². The van der Waals surface area contributed by atoms with E-state index in [1.165, 1.54) is 5.56 Å². The van der Waals surface area contributed by atoms with E-state index < -0.39 is 0 Å². The Balaban J connectivity index is 1.33. The molecule has 0 bridgehead atoms. The lowest BCUT2D eigenvalue weighted by atomic mass is 10.0. The second kappa shape index (κ2) is 9.49. The van der Waals surface area contributed by atoms with Crippen LogP contribution in [0, 0.1) is 0 Å². The number of nitrogens with zero attached hydrogens (tertiary/aromatic N) is 2. The van der Waals surface area contributed by atoms with Gasteiger partial charge >= 0.3 is 5.97 Å². The number of esters is 1. The Labute approximate surface area is 183 Å². The topological polar surface area (TPSA) is 81.2 Å². The third-order valence-corrected chi connectivity index (χ3v) is 5.75. The number of anilines is 1. The molecule has 7 heteroatoms. The van der Waals surface area contributed by atoms with Crippen LogP contribution in [0.25, 0.3) is 10.8 Å². The van der Waals surface area contributed by atoms with Crippen LogP contribution in [0.5, 0.6) is 0 Å². The molecule has 31 heavy (non-hydrogen) atoms. The van der Waals surface area contributed by atoms with Crippen molar-refractivity contribution in [3.8, 4) is 0 Å². The number of carbonyl (C=O) groups excluding carboxylic acids is 2. The maximum absolute atomic E-state index is 12.4. The first kappa shape index (κ1) is 20.7. The predicted molar refractivity (Wildman–Crippen MR) is 121 cm³/mol. The number of aryl methyl sites for hydroxylation is 1. The summed E-state index contributed by atoms with van der Waals surface area (Å²) in [5.41, 5.74) is 2.80. The van der Waals surface area contributed by atoms with Crippen molar-refractivity contribution >= 4 is 39.7 Å². The summed E-state index contributed by atoms with van der Waals surface area (Å²) < 4.78 is 5.36. The molecule has 0 saturated carbocycles. The van der Waals surface area contributed by atoms with Crippen LogP contribution in [0.4, 0.5) is 5.69 Å². The van der Waals surface area contributed by atoms with Crippen LogP contribution in [-0.2, 0) is 29.0 Å². The number of nitrogens with one attached hydrogen (secondary N) is 1. The van der Waals surface area contributed by atoms with Gasteiger partial charge in [-0.15, -0.1) is 10.2 Å². The zero-order chi connectivity index (χ0) is 21.6. The fourth-order valence-electron chi connectivity index (χ4n) is 3.21. The highest BCUT2D eigenvalue weighted by Gasteiger charge is 2.15. The van der Waals surface area contributed by atoms with Gasteiger partial charge in [-0.25, -0.2) is 0 Å². The van der Waals surface area contributed by atoms with Gasteiger partial charge in [0.25, 0.3) is 5.91 Å². The standard InChI is InChI=1S/C24H21N3O3S/c1-2-16-10-12-19(13-11-16)25-23(29)24-27-26-21(31-24)15-30-22(28)14-18-8-5-7-17-6-3-4-9-20(17)18/h3-13H,2,14-15H2,1H3,(H,25,29). The molecule has 0 aliphatic carbocycles. The van der Waals surface area contributed by atoms with E-state index >= 15 is 0 Å². The van der Waals surface area contributed by atoms with Crippen LogP contribution in [0.2, 0.25) is 0 Å². The van der Waals surface area contributed by atoms with Crippen molar-refractivity contribution in [2.24, 2.45) is 0 Å². The molecule has 0 saturated heterocycles. The minimum absolute atomic E-state index is 0.0141. The maximum atomic E-state index is 12.4. The summed E-state index contributed by atoms with van der Waals surface area (Å²) >= 11 is 1.11. The third-order valence-electron chi connectivity index (χ3n) is 4.85. The molecule has 0 radical (unpaired) electrons. The van der Waals surface area contributed by atoms with Crippen LogP contribution in [0.1, 0.15) is 32.9 Å². The summed E-state index contributed by atoms with van der Waals surface area (Å²) in [5, 5.41) is 13.5. The third kappa shape index (κ3) is 5.13. The van der Waals surface area contributed by atoms with Crippen LogP contribution >= 0.6 is 11.3 Å². The van der Waals surface area contributed by atoms with Crippen molar-refractivity contribution in [1.29, 1.82) is 0 Å². The molecule has 1 heterocycles. The van der Waals surface area contributed by atoms with Gasteiger partial charge in [0.2, 0.25) is 5.01 Å². The highest BCUT2D eigenvalue weighted by Crippen LogP contribution is 2.20. The van der Waals surface area contributed by atoms with E-state index in [1.54, 1.807) is 0 Å². The van der Waals surface area contributed by atoms with Crippen LogP contribution in [0.15, 0.2) is 66.7 Å². The number of hydrogen-bond donors (Lipinski definition) is 1. The zero-order valence-electron chi connectivity index (χ0n) is 17.0. The minimum Gasteiger partial charge on any atom is -0.458 e. The van der Waals surface area contributed by atoms with E-state index in [0.29, 0.717) is 10.7 Å². The molecule has 0 atom stereocenters. The Bertz CT molecular complexity index is 1210. The molecule has 6 nitrogen and oxygen atoms in total. The first-order chi connectivity index (χ1) is 15.1. The molecule has 1 aromatic heterocycles. The lowest BCUT2D eigenvalue weighted by molar-refractivity contribution is -0.144. The minimum atomic E-state index is -0.353. The van der Waals surface area contributed by atoms with Gasteiger partial charge in [-0.2, -0.15) is 0 Å². The van der Waals surface area contributed by atoms with Gasteiger partial charge in [0.05, 0.1) is 6.42 Å². The molecule has 1 amide bonds. The van der Waals surface area contributed by atoms with Crippen molar-refractivity contribution in [2.45, 2.75) is 26.4 Å². The first-order valence-electron chi connectivity index (χ1n) is 9.97. The number of ether oxygens (including phenoxy) is 1. The lowest BCUT2D eigenvalue weighted by Crippen LogP contribution is -2.11. The number of aromatic nitrogens is 2. The smallest absolute Gasteiger partial charge is 0.310 e. The van der Waals surface area contributed by atoms with Crippen molar-refractivity contribution in [1.82, 2.24) is 10.2 Å². The number of carbonyl (C=O) groups is 2.